The van der Waals surface area contributed by atoms with Gasteiger partial charge < -0.3 is 9.47 Å². The van der Waals surface area contributed by atoms with E-state index in [4.69, 9.17) is 21.1 Å². The maximum absolute atomic E-state index is 12.6. The number of methoxy groups -OCH3 is 1. The fraction of sp³-hybridized carbons (Fsp3) is 0.182. The number of rotatable bonds is 5. The van der Waals surface area contributed by atoms with E-state index in [0.717, 1.165) is 10.9 Å². The van der Waals surface area contributed by atoms with E-state index in [2.05, 4.69) is 23.1 Å². The van der Waals surface area contributed by atoms with Crippen LogP contribution in [0.2, 0.25) is 5.02 Å². The molecule has 0 aliphatic rings. The molecule has 4 aromatic rings. The lowest BCUT2D eigenvalue weighted by atomic mass is 10.2. The van der Waals surface area contributed by atoms with E-state index in [9.17, 15) is 9.59 Å². The first-order valence-electron chi connectivity index (χ1n) is 9.82. The fourth-order valence-corrected chi connectivity index (χ4v) is 4.21. The van der Waals surface area contributed by atoms with Gasteiger partial charge in [-0.1, -0.05) is 26.5 Å². The van der Waals surface area contributed by atoms with Crippen molar-refractivity contribution >= 4 is 52.1 Å². The number of aromatic nitrogens is 4. The summed E-state index contributed by atoms with van der Waals surface area (Å²) >= 11 is 6.18. The molecule has 0 amide bonds. The molecule has 0 saturated heterocycles. The smallest absolute Gasteiger partial charge is 0.337 e. The minimum Gasteiger partial charge on any atom is -0.465 e. The van der Waals surface area contributed by atoms with Crippen LogP contribution >= 0.6 is 29.7 Å². The number of carbonyl (C=O) groups is 1. The lowest BCUT2D eigenvalue weighted by Gasteiger charge is -2.12. The summed E-state index contributed by atoms with van der Waals surface area (Å²) in [6.45, 7) is 0.417. The molecule has 2 aromatic heterocycles. The summed E-state index contributed by atoms with van der Waals surface area (Å²) in [5.41, 5.74) is 2.30. The highest BCUT2D eigenvalue weighted by Crippen LogP contribution is 2.28. The molecule has 11 heteroatoms. The van der Waals surface area contributed by atoms with E-state index in [1.54, 1.807) is 38.4 Å². The molecular weight excluding hydrogens is 482 g/mol. The van der Waals surface area contributed by atoms with Crippen LogP contribution in [0.3, 0.4) is 0 Å². The Balaban J connectivity index is 1.86. The minimum atomic E-state index is -0.434. The highest BCUT2D eigenvalue weighted by Gasteiger charge is 2.19. The maximum Gasteiger partial charge on any atom is 0.337 e. The highest BCUT2D eigenvalue weighted by molar-refractivity contribution is 7.28. The zero-order valence-electron chi connectivity index (χ0n) is 18.1. The molecule has 4 rings (SSSR count). The van der Waals surface area contributed by atoms with Crippen molar-refractivity contribution in [1.82, 2.24) is 18.7 Å². The van der Waals surface area contributed by atoms with Crippen LogP contribution in [-0.2, 0) is 25.4 Å². The molecule has 33 heavy (non-hydrogen) atoms. The molecule has 1 unspecified atom stereocenters. The van der Waals surface area contributed by atoms with E-state index < -0.39 is 5.97 Å². The summed E-state index contributed by atoms with van der Waals surface area (Å²) in [5, 5.41) is 2.09. The number of nitrogens with zero attached hydrogens (tertiary/aromatic N) is 4. The largest absolute Gasteiger partial charge is 0.465 e. The summed E-state index contributed by atoms with van der Waals surface area (Å²) in [6, 6.07) is 12.5. The molecule has 0 spiro atoms. The first-order valence-corrected chi connectivity index (χ1v) is 11.3. The van der Waals surface area contributed by atoms with Gasteiger partial charge in [-0.15, -0.1) is 9.24 Å². The van der Waals surface area contributed by atoms with Gasteiger partial charge in [0, 0.05) is 19.1 Å². The zero-order chi connectivity index (χ0) is 23.9. The molecule has 0 bridgehead atoms. The van der Waals surface area contributed by atoms with Gasteiger partial charge >= 0.3 is 17.7 Å². The van der Waals surface area contributed by atoms with E-state index in [-0.39, 0.29) is 11.7 Å². The lowest BCUT2D eigenvalue weighted by Crippen LogP contribution is -2.28. The Bertz CT molecular complexity index is 1510. The molecule has 0 aliphatic carbocycles. The van der Waals surface area contributed by atoms with Crippen LogP contribution in [0.25, 0.3) is 11.2 Å². The van der Waals surface area contributed by atoms with Crippen LogP contribution < -0.4 is 15.7 Å². The van der Waals surface area contributed by atoms with Crippen LogP contribution in [0.15, 0.2) is 47.3 Å². The van der Waals surface area contributed by atoms with Gasteiger partial charge in [-0.05, 0) is 47.3 Å². The molecule has 1 atom stereocenters. The van der Waals surface area contributed by atoms with E-state index in [1.807, 2.05) is 22.8 Å². The standard InChI is InChI=1S/C22H21ClN4O4P2/c1-25-18-17(19(33)26(2)22(25)29)27(11-12-4-9-15(23)16(32)10-12)21(24-18)31-14-7-5-13(6-8-14)20(28)30-3/h4-10,33H,11,32H2,1-3H3. The second-order valence-electron chi connectivity index (χ2n) is 7.38. The Morgan fingerprint density at radius 3 is 2.48 bits per heavy atom. The topological polar surface area (TPSA) is 80.3 Å². The van der Waals surface area contributed by atoms with Crippen LogP contribution in [0.1, 0.15) is 15.9 Å². The predicted octanol–water partition coefficient (Wildman–Crippen LogP) is 3.53. The second kappa shape index (κ2) is 9.14. The highest BCUT2D eigenvalue weighted by atomic mass is 35.5. The molecule has 170 valence electrons. The Morgan fingerprint density at radius 1 is 1.15 bits per heavy atom. The van der Waals surface area contributed by atoms with Gasteiger partial charge in [0.15, 0.2) is 5.65 Å². The Kier molecular flexibility index (Phi) is 6.44. The van der Waals surface area contributed by atoms with Crippen LogP contribution in [0, 0.1) is 5.07 Å². The maximum atomic E-state index is 12.6. The predicted molar refractivity (Wildman–Crippen MR) is 133 cm³/mol. The second-order valence-corrected chi connectivity index (χ2v) is 8.88. The average molecular weight is 503 g/mol. The third kappa shape index (κ3) is 4.34. The first-order chi connectivity index (χ1) is 15.7. The molecule has 0 fully saturated rings. The molecular formula is C22H21ClN4O4P2. The summed E-state index contributed by atoms with van der Waals surface area (Å²) in [7, 11) is 10.9. The van der Waals surface area contributed by atoms with Crippen molar-refractivity contribution in [2.24, 2.45) is 14.1 Å². The lowest BCUT2D eigenvalue weighted by molar-refractivity contribution is 0.0600. The molecule has 8 nitrogen and oxygen atoms in total. The number of benzene rings is 2. The van der Waals surface area contributed by atoms with Crippen molar-refractivity contribution < 1.29 is 14.3 Å². The Morgan fingerprint density at radius 2 is 1.85 bits per heavy atom. The summed E-state index contributed by atoms with van der Waals surface area (Å²) in [4.78, 5) is 28.9. The number of hydrogen-bond donors (Lipinski definition) is 0. The van der Waals surface area contributed by atoms with Crippen molar-refractivity contribution in [2.75, 3.05) is 7.11 Å². The summed E-state index contributed by atoms with van der Waals surface area (Å²) in [6.07, 6.45) is 0. The molecule has 0 aliphatic heterocycles. The van der Waals surface area contributed by atoms with Gasteiger partial charge in [0.25, 0.3) is 0 Å². The van der Waals surface area contributed by atoms with Gasteiger partial charge in [-0.25, -0.2) is 9.59 Å². The summed E-state index contributed by atoms with van der Waals surface area (Å²) < 4.78 is 15.7. The van der Waals surface area contributed by atoms with Gasteiger partial charge in [0.05, 0.1) is 24.3 Å². The number of carbonyl (C=O) groups excluding carboxylic acids is 1. The summed E-state index contributed by atoms with van der Waals surface area (Å²) in [5.74, 6) is 0.0443. The van der Waals surface area contributed by atoms with E-state index >= 15 is 0 Å². The Hall–Kier alpha value is -2.92. The molecule has 2 heterocycles. The first kappa shape index (κ1) is 23.2. The van der Waals surface area contributed by atoms with E-state index in [1.165, 1.54) is 16.2 Å². The minimum absolute atomic E-state index is 0.232. The van der Waals surface area contributed by atoms with Crippen molar-refractivity contribution in [3.05, 3.63) is 74.2 Å². The number of aryl methyl sites for hydroxylation is 1. The third-order valence-electron chi connectivity index (χ3n) is 5.25. The van der Waals surface area contributed by atoms with Crippen LogP contribution in [0.5, 0.6) is 11.8 Å². The van der Waals surface area contributed by atoms with Gasteiger partial charge in [-0.2, -0.15) is 4.98 Å². The number of ether oxygens (including phenoxy) is 2. The molecule has 2 aromatic carbocycles. The van der Waals surface area contributed by atoms with Crippen molar-refractivity contribution in [3.8, 4) is 11.8 Å². The SMILES string of the molecule is COC(=O)c1ccc(Oc2nc3c(c(=P)n(C)c(=O)n3C)n2Cc2ccc(Cl)c(P)c2)cc1. The van der Waals surface area contributed by atoms with Gasteiger partial charge in [0.1, 0.15) is 11.3 Å². The van der Waals surface area contributed by atoms with Gasteiger partial charge in [-0.3, -0.25) is 13.7 Å². The fourth-order valence-electron chi connectivity index (χ4n) is 3.44. The molecule has 0 N–H and O–H groups in total. The normalized spacial score (nSPS) is 11.1. The Labute approximate surface area is 198 Å². The average Bonchev–Trinajstić information content (AvgIpc) is 3.16. The number of imidazole rings is 1. The van der Waals surface area contributed by atoms with Gasteiger partial charge in [0.2, 0.25) is 0 Å². The number of esters is 1. The van der Waals surface area contributed by atoms with Crippen molar-refractivity contribution in [2.45, 2.75) is 6.54 Å². The van der Waals surface area contributed by atoms with Crippen molar-refractivity contribution in [3.63, 3.8) is 0 Å². The zero-order valence-corrected chi connectivity index (χ0v) is 21.0. The van der Waals surface area contributed by atoms with Crippen molar-refractivity contribution in [1.29, 1.82) is 0 Å². The number of fused-ring (bicyclic) bond motifs is 1. The monoisotopic (exact) mass is 502 g/mol. The quantitative estimate of drug-likeness (QED) is 0.308. The third-order valence-corrected chi connectivity index (χ3v) is 6.83. The van der Waals surface area contributed by atoms with Crippen LogP contribution in [-0.4, -0.2) is 31.8 Å². The molecule has 0 saturated carbocycles. The molecule has 0 radical (unpaired) electrons. The number of halogens is 1. The number of hydrogen-bond acceptors (Lipinski definition) is 5. The van der Waals surface area contributed by atoms with E-state index in [0.29, 0.717) is 39.1 Å². The van der Waals surface area contributed by atoms with Crippen LogP contribution in [0.4, 0.5) is 0 Å².